The van der Waals surface area contributed by atoms with E-state index in [1.807, 2.05) is 13.8 Å². The molecule has 1 aliphatic rings. The Morgan fingerprint density at radius 3 is 2.17 bits per heavy atom. The Morgan fingerprint density at radius 1 is 0.862 bits per heavy atom. The van der Waals surface area contributed by atoms with E-state index in [0.717, 1.165) is 12.1 Å². The second-order valence-electron chi connectivity index (χ2n) is 8.85. The topological polar surface area (TPSA) is 41.1 Å². The van der Waals surface area contributed by atoms with Gasteiger partial charge < -0.3 is 5.43 Å². The highest BCUT2D eigenvalue weighted by Gasteiger charge is 2.37. The lowest BCUT2D eigenvalue weighted by atomic mass is 9.87. The van der Waals surface area contributed by atoms with E-state index in [9.17, 15) is 4.79 Å². The van der Waals surface area contributed by atoms with Gasteiger partial charge in [-0.3, -0.25) is 10.2 Å². The number of aryl methyl sites for hydroxylation is 1. The van der Waals surface area contributed by atoms with Crippen molar-refractivity contribution in [2.45, 2.75) is 78.6 Å². The Bertz CT molecular complexity index is 861. The summed E-state index contributed by atoms with van der Waals surface area (Å²) in [6.45, 7) is 6.19. The fourth-order valence-electron chi connectivity index (χ4n) is 4.16. The third-order valence-electron chi connectivity index (χ3n) is 6.17. The van der Waals surface area contributed by atoms with Crippen molar-refractivity contribution in [3.05, 3.63) is 53.2 Å². The van der Waals surface area contributed by atoms with Crippen LogP contribution >= 0.6 is 0 Å². The number of nitrogens with one attached hydrogen (secondary N) is 2. The number of hydrogen-bond acceptors (Lipinski definition) is 2. The molecular weight excluding hydrogens is 356 g/mol. The average molecular weight is 393 g/mol. The lowest BCUT2D eigenvalue weighted by molar-refractivity contribution is -0.125. The smallest absolute Gasteiger partial charge is 0.249 e. The molecule has 0 saturated carbocycles. The monoisotopic (exact) mass is 392 g/mol. The average Bonchev–Trinajstić information content (AvgIpc) is 2.96. The van der Waals surface area contributed by atoms with Gasteiger partial charge in [0.15, 0.2) is 0 Å². The van der Waals surface area contributed by atoms with Crippen molar-refractivity contribution in [3.63, 3.8) is 0 Å². The first-order valence-electron chi connectivity index (χ1n) is 11.3. The Balaban J connectivity index is 1.72. The molecule has 0 atom stereocenters. The summed E-state index contributed by atoms with van der Waals surface area (Å²) in [7, 11) is 0. The molecule has 0 radical (unpaired) electrons. The minimum absolute atomic E-state index is 0.0168. The van der Waals surface area contributed by atoms with E-state index in [1.54, 1.807) is 0 Å². The molecule has 0 aliphatic carbocycles. The molecule has 1 heterocycles. The number of hydrogen-bond donors (Lipinski definition) is 2. The summed E-state index contributed by atoms with van der Waals surface area (Å²) < 4.78 is 0. The van der Waals surface area contributed by atoms with Crippen LogP contribution in [-0.2, 0) is 11.2 Å². The summed E-state index contributed by atoms with van der Waals surface area (Å²) >= 11 is 0. The van der Waals surface area contributed by atoms with Crippen molar-refractivity contribution < 1.29 is 4.79 Å². The summed E-state index contributed by atoms with van der Waals surface area (Å²) in [5.41, 5.74) is 8.82. The predicted octanol–water partition coefficient (Wildman–Crippen LogP) is 6.52. The highest BCUT2D eigenvalue weighted by Crippen LogP contribution is 2.32. The number of amides is 1. The number of rotatable bonds is 10. The van der Waals surface area contributed by atoms with E-state index in [-0.39, 0.29) is 5.91 Å². The fourth-order valence-corrected chi connectivity index (χ4v) is 4.16. The zero-order valence-electron chi connectivity index (χ0n) is 18.3. The summed E-state index contributed by atoms with van der Waals surface area (Å²) in [6.07, 6.45) is 14.0. The first-order chi connectivity index (χ1) is 14.0. The van der Waals surface area contributed by atoms with E-state index in [0.29, 0.717) is 0 Å². The second kappa shape index (κ2) is 9.96. The van der Waals surface area contributed by atoms with E-state index in [2.05, 4.69) is 60.2 Å². The van der Waals surface area contributed by atoms with Crippen LogP contribution < -0.4 is 10.9 Å². The van der Waals surface area contributed by atoms with Crippen LogP contribution in [0.5, 0.6) is 0 Å². The maximum Gasteiger partial charge on any atom is 0.249 e. The van der Waals surface area contributed by atoms with Crippen LogP contribution in [0.4, 0.5) is 0 Å². The maximum atomic E-state index is 12.1. The van der Waals surface area contributed by atoms with Crippen LogP contribution in [0.15, 0.2) is 42.1 Å². The zero-order valence-corrected chi connectivity index (χ0v) is 18.3. The Hall–Kier alpha value is -2.29. The van der Waals surface area contributed by atoms with Gasteiger partial charge in [-0.1, -0.05) is 88.3 Å². The van der Waals surface area contributed by atoms with Crippen molar-refractivity contribution in [1.29, 1.82) is 0 Å². The molecule has 2 aromatic carbocycles. The van der Waals surface area contributed by atoms with Crippen LogP contribution in [0.3, 0.4) is 0 Å². The third kappa shape index (κ3) is 5.20. The third-order valence-corrected chi connectivity index (χ3v) is 6.17. The quantitative estimate of drug-likeness (QED) is 0.452. The molecule has 3 rings (SSSR count). The lowest BCUT2D eigenvalue weighted by Crippen LogP contribution is -2.28. The lowest BCUT2D eigenvalue weighted by Gasteiger charge is -2.16. The minimum atomic E-state index is -0.533. The molecule has 2 aromatic rings. The largest absolute Gasteiger partial charge is 0.302 e. The summed E-state index contributed by atoms with van der Waals surface area (Å²) in [5, 5.41) is 2.59. The first kappa shape index (κ1) is 21.4. The highest BCUT2D eigenvalue weighted by atomic mass is 16.2. The van der Waals surface area contributed by atoms with Gasteiger partial charge in [0, 0.05) is 5.70 Å². The van der Waals surface area contributed by atoms with E-state index in [4.69, 9.17) is 0 Å². The maximum absolute atomic E-state index is 12.1. The van der Waals surface area contributed by atoms with Gasteiger partial charge in [0.25, 0.3) is 0 Å². The standard InChI is InChI=1S/C26H36N2O/c1-4-5-6-7-8-9-10-11-14-20-15-12-16-21-17-13-18-22(24(20)21)19-23-26(2,3)25(29)28-27-23/h12-13,15-19,27H,4-11,14H2,1-3H3,(H,28,29)/b23-19-. The SMILES string of the molecule is CCCCCCCCCCc1cccc2cccc(/C=C3\NNC(=O)C3(C)C)c12. The Kier molecular flexibility index (Phi) is 7.35. The van der Waals surface area contributed by atoms with Crippen LogP contribution in [0, 0.1) is 5.41 Å². The fraction of sp³-hybridized carbons (Fsp3) is 0.500. The number of fused-ring (bicyclic) bond motifs is 1. The number of hydrazine groups is 1. The van der Waals surface area contributed by atoms with Crippen molar-refractivity contribution in [3.8, 4) is 0 Å². The Morgan fingerprint density at radius 2 is 1.52 bits per heavy atom. The van der Waals surface area contributed by atoms with E-state index < -0.39 is 5.41 Å². The van der Waals surface area contributed by atoms with Crippen LogP contribution in [-0.4, -0.2) is 5.91 Å². The molecule has 0 aromatic heterocycles. The van der Waals surface area contributed by atoms with Crippen LogP contribution in [0.2, 0.25) is 0 Å². The predicted molar refractivity (Wildman–Crippen MR) is 123 cm³/mol. The molecule has 29 heavy (non-hydrogen) atoms. The molecule has 1 fully saturated rings. The number of carbonyl (C=O) groups excluding carboxylic acids is 1. The van der Waals surface area contributed by atoms with Crippen LogP contribution in [0.1, 0.15) is 83.3 Å². The molecule has 3 nitrogen and oxygen atoms in total. The van der Waals surface area contributed by atoms with Gasteiger partial charge in [0.2, 0.25) is 5.91 Å². The second-order valence-corrected chi connectivity index (χ2v) is 8.85. The normalized spacial score (nSPS) is 16.9. The molecule has 156 valence electrons. The van der Waals surface area contributed by atoms with Gasteiger partial charge in [-0.05, 0) is 54.7 Å². The van der Waals surface area contributed by atoms with Gasteiger partial charge in [0.1, 0.15) is 0 Å². The number of carbonyl (C=O) groups is 1. The molecule has 2 N–H and O–H groups in total. The van der Waals surface area contributed by atoms with Crippen LogP contribution in [0.25, 0.3) is 16.8 Å². The van der Waals surface area contributed by atoms with E-state index >= 15 is 0 Å². The van der Waals surface area contributed by atoms with Gasteiger partial charge in [-0.15, -0.1) is 0 Å². The molecule has 0 spiro atoms. The van der Waals surface area contributed by atoms with Gasteiger partial charge in [0.05, 0.1) is 5.41 Å². The molecular formula is C26H36N2O. The van der Waals surface area contributed by atoms with Gasteiger partial charge in [-0.25, -0.2) is 0 Å². The number of unbranched alkanes of at least 4 members (excludes halogenated alkanes) is 7. The molecule has 1 aliphatic heterocycles. The van der Waals surface area contributed by atoms with Gasteiger partial charge in [-0.2, -0.15) is 0 Å². The van der Waals surface area contributed by atoms with Crippen molar-refractivity contribution in [1.82, 2.24) is 10.9 Å². The molecule has 1 saturated heterocycles. The molecule has 3 heteroatoms. The zero-order chi connectivity index (χ0) is 20.7. The van der Waals surface area contributed by atoms with Crippen molar-refractivity contribution in [2.75, 3.05) is 0 Å². The molecule has 0 unspecified atom stereocenters. The van der Waals surface area contributed by atoms with E-state index in [1.165, 1.54) is 73.3 Å². The Labute approximate surface area is 175 Å². The summed E-state index contributed by atoms with van der Waals surface area (Å²) in [6, 6.07) is 13.1. The van der Waals surface area contributed by atoms with Crippen molar-refractivity contribution >= 4 is 22.8 Å². The summed E-state index contributed by atoms with van der Waals surface area (Å²) in [5.74, 6) is 0.0168. The molecule has 0 bridgehead atoms. The molecule has 1 amide bonds. The number of benzene rings is 2. The highest BCUT2D eigenvalue weighted by molar-refractivity contribution is 5.95. The van der Waals surface area contributed by atoms with Crippen molar-refractivity contribution in [2.24, 2.45) is 5.41 Å². The van der Waals surface area contributed by atoms with Gasteiger partial charge >= 0.3 is 0 Å². The minimum Gasteiger partial charge on any atom is -0.302 e. The first-order valence-corrected chi connectivity index (χ1v) is 11.3. The summed E-state index contributed by atoms with van der Waals surface area (Å²) in [4.78, 5) is 12.1.